The average molecular weight is 380 g/mol. The molecule has 1 aromatic heterocycles. The van der Waals surface area contributed by atoms with E-state index < -0.39 is 5.97 Å². The summed E-state index contributed by atoms with van der Waals surface area (Å²) in [7, 11) is 0. The Labute approximate surface area is 160 Å². The van der Waals surface area contributed by atoms with E-state index in [1.165, 1.54) is 23.5 Å². The summed E-state index contributed by atoms with van der Waals surface area (Å²) in [6, 6.07) is 14.0. The molecule has 0 saturated heterocycles. The van der Waals surface area contributed by atoms with Crippen LogP contribution in [0.5, 0.6) is 0 Å². The number of aromatic carboxylic acids is 1. The van der Waals surface area contributed by atoms with Gasteiger partial charge in [0.05, 0.1) is 21.9 Å². The highest BCUT2D eigenvalue weighted by Crippen LogP contribution is 2.27. The standard InChI is InChI=1S/C19H19N5O2S/c1-2-3-8-17(22-21-14-11-9-13(10-12-14)18(25)26)23-24-19-20-15-6-4-5-7-16(15)27-19/h4-7,9-12,21H,2-3,8H2,1H3,(H,25,26)/p-1. The molecular weight excluding hydrogens is 362 g/mol. The molecule has 0 radical (unpaired) electrons. The van der Waals surface area contributed by atoms with Crippen molar-refractivity contribution in [1.29, 1.82) is 0 Å². The Hall–Kier alpha value is -3.13. The third kappa shape index (κ3) is 5.18. The fourth-order valence-corrected chi connectivity index (χ4v) is 3.06. The Bertz CT molecular complexity index is 946. The molecule has 0 spiro atoms. The summed E-state index contributed by atoms with van der Waals surface area (Å²) in [6.45, 7) is 2.09. The molecule has 0 aliphatic heterocycles. The first-order chi connectivity index (χ1) is 13.2. The number of azo groups is 1. The van der Waals surface area contributed by atoms with Gasteiger partial charge in [0.1, 0.15) is 0 Å². The molecule has 0 fully saturated rings. The predicted octanol–water partition coefficient (Wildman–Crippen LogP) is 4.36. The van der Waals surface area contributed by atoms with E-state index in [1.807, 2.05) is 24.3 Å². The van der Waals surface area contributed by atoms with Crippen LogP contribution < -0.4 is 10.5 Å². The number of thiazole rings is 1. The third-order valence-electron chi connectivity index (χ3n) is 3.72. The molecule has 0 aliphatic rings. The number of carboxylic acids is 1. The summed E-state index contributed by atoms with van der Waals surface area (Å²) in [5.74, 6) is -0.654. The largest absolute Gasteiger partial charge is 0.545 e. The number of carbonyl (C=O) groups excluding carboxylic acids is 1. The smallest absolute Gasteiger partial charge is 0.231 e. The Kier molecular flexibility index (Phi) is 6.22. The number of hydrazone groups is 1. The Balaban J connectivity index is 1.73. The van der Waals surface area contributed by atoms with Gasteiger partial charge in [-0.05, 0) is 36.2 Å². The number of hydrogen-bond donors (Lipinski definition) is 1. The molecule has 0 aliphatic carbocycles. The number of para-hydroxylation sites is 1. The number of carbonyl (C=O) groups is 1. The normalized spacial score (nSPS) is 12.0. The summed E-state index contributed by atoms with van der Waals surface area (Å²) >= 11 is 1.47. The van der Waals surface area contributed by atoms with Crippen molar-refractivity contribution < 1.29 is 9.90 Å². The van der Waals surface area contributed by atoms with E-state index in [4.69, 9.17) is 0 Å². The second-order valence-corrected chi connectivity index (χ2v) is 6.78. The molecule has 2 aromatic carbocycles. The molecular formula is C19H18N5O2S-. The van der Waals surface area contributed by atoms with Crippen LogP contribution >= 0.6 is 11.3 Å². The molecule has 0 saturated carbocycles. The van der Waals surface area contributed by atoms with Crippen molar-refractivity contribution in [3.8, 4) is 0 Å². The van der Waals surface area contributed by atoms with Crippen molar-refractivity contribution in [1.82, 2.24) is 4.98 Å². The number of fused-ring (bicyclic) bond motifs is 1. The number of nitrogens with one attached hydrogen (secondary N) is 1. The Morgan fingerprint density at radius 2 is 1.96 bits per heavy atom. The molecule has 3 aromatic rings. The van der Waals surface area contributed by atoms with Gasteiger partial charge in [-0.2, -0.15) is 5.10 Å². The predicted molar refractivity (Wildman–Crippen MR) is 105 cm³/mol. The van der Waals surface area contributed by atoms with E-state index >= 15 is 0 Å². The lowest BCUT2D eigenvalue weighted by Gasteiger charge is -2.05. The van der Waals surface area contributed by atoms with E-state index in [2.05, 4.69) is 32.7 Å². The molecule has 8 heteroatoms. The van der Waals surface area contributed by atoms with Gasteiger partial charge in [0.2, 0.25) is 5.13 Å². The molecule has 0 amide bonds. The second kappa shape index (κ2) is 9.00. The summed E-state index contributed by atoms with van der Waals surface area (Å²) in [5, 5.41) is 24.1. The number of aromatic nitrogens is 1. The third-order valence-corrected chi connectivity index (χ3v) is 4.64. The molecule has 1 N–H and O–H groups in total. The van der Waals surface area contributed by atoms with E-state index in [-0.39, 0.29) is 5.56 Å². The Morgan fingerprint density at radius 1 is 1.19 bits per heavy atom. The van der Waals surface area contributed by atoms with Gasteiger partial charge in [0.25, 0.3) is 0 Å². The van der Waals surface area contributed by atoms with Gasteiger partial charge in [-0.25, -0.2) is 4.98 Å². The quantitative estimate of drug-likeness (QED) is 0.285. The Morgan fingerprint density at radius 3 is 2.67 bits per heavy atom. The topological polar surface area (TPSA) is 102 Å². The van der Waals surface area contributed by atoms with Crippen LogP contribution in [0.1, 0.15) is 36.5 Å². The highest BCUT2D eigenvalue weighted by atomic mass is 32.1. The lowest BCUT2D eigenvalue weighted by molar-refractivity contribution is -0.255. The minimum absolute atomic E-state index is 0.117. The fraction of sp³-hybridized carbons (Fsp3) is 0.211. The zero-order valence-electron chi connectivity index (χ0n) is 14.8. The van der Waals surface area contributed by atoms with Gasteiger partial charge < -0.3 is 9.90 Å². The molecule has 1 heterocycles. The van der Waals surface area contributed by atoms with Crippen molar-refractivity contribution in [2.24, 2.45) is 15.3 Å². The fourth-order valence-electron chi connectivity index (χ4n) is 2.28. The maximum Gasteiger partial charge on any atom is 0.231 e. The highest BCUT2D eigenvalue weighted by Gasteiger charge is 2.03. The van der Waals surface area contributed by atoms with Crippen LogP contribution in [0.25, 0.3) is 10.2 Å². The van der Waals surface area contributed by atoms with Crippen LogP contribution in [0.2, 0.25) is 0 Å². The minimum Gasteiger partial charge on any atom is -0.545 e. The zero-order chi connectivity index (χ0) is 19.1. The van der Waals surface area contributed by atoms with Gasteiger partial charge in [0.15, 0.2) is 5.84 Å². The van der Waals surface area contributed by atoms with Crippen molar-refractivity contribution in [3.63, 3.8) is 0 Å². The van der Waals surface area contributed by atoms with Gasteiger partial charge in [-0.15, -0.1) is 10.2 Å². The van der Waals surface area contributed by atoms with Crippen molar-refractivity contribution in [2.75, 3.05) is 5.43 Å². The van der Waals surface area contributed by atoms with E-state index in [1.54, 1.807) is 12.1 Å². The highest BCUT2D eigenvalue weighted by molar-refractivity contribution is 7.21. The number of benzene rings is 2. The van der Waals surface area contributed by atoms with Gasteiger partial charge >= 0.3 is 0 Å². The maximum absolute atomic E-state index is 10.8. The second-order valence-electron chi connectivity index (χ2n) is 5.77. The molecule has 0 atom stereocenters. The van der Waals surface area contributed by atoms with Gasteiger partial charge in [-0.3, -0.25) is 5.43 Å². The van der Waals surface area contributed by atoms with Crippen LogP contribution in [0.4, 0.5) is 10.8 Å². The lowest BCUT2D eigenvalue weighted by Crippen LogP contribution is -2.21. The molecule has 7 nitrogen and oxygen atoms in total. The van der Waals surface area contributed by atoms with E-state index in [0.29, 0.717) is 23.1 Å². The van der Waals surface area contributed by atoms with Crippen LogP contribution in [-0.4, -0.2) is 16.8 Å². The SMILES string of the molecule is CCCCC(N=Nc1nc2ccccc2s1)=NNc1ccc(C(=O)[O-])cc1. The van der Waals surface area contributed by atoms with Crippen molar-refractivity contribution in [3.05, 3.63) is 54.1 Å². The summed E-state index contributed by atoms with van der Waals surface area (Å²) in [6.07, 6.45) is 2.62. The van der Waals surface area contributed by atoms with Crippen LogP contribution in [-0.2, 0) is 0 Å². The monoisotopic (exact) mass is 380 g/mol. The number of hydrogen-bond acceptors (Lipinski definition) is 7. The number of carboxylic acid groups (broad SMARTS) is 1. The van der Waals surface area contributed by atoms with Gasteiger partial charge in [-0.1, -0.05) is 48.9 Å². The number of unbranched alkanes of at least 4 members (excludes halogenated alkanes) is 1. The summed E-state index contributed by atoms with van der Waals surface area (Å²) in [4.78, 5) is 15.2. The first kappa shape index (κ1) is 18.7. The number of rotatable bonds is 7. The molecule has 3 rings (SSSR count). The van der Waals surface area contributed by atoms with E-state index in [0.717, 1.165) is 23.1 Å². The first-order valence-electron chi connectivity index (χ1n) is 8.57. The van der Waals surface area contributed by atoms with Crippen LogP contribution in [0, 0.1) is 0 Å². The lowest BCUT2D eigenvalue weighted by atomic mass is 10.2. The van der Waals surface area contributed by atoms with Crippen molar-refractivity contribution in [2.45, 2.75) is 26.2 Å². The summed E-state index contributed by atoms with van der Waals surface area (Å²) in [5.41, 5.74) is 4.56. The first-order valence-corrected chi connectivity index (χ1v) is 9.38. The number of amidine groups is 1. The summed E-state index contributed by atoms with van der Waals surface area (Å²) < 4.78 is 1.06. The van der Waals surface area contributed by atoms with E-state index in [9.17, 15) is 9.90 Å². The van der Waals surface area contributed by atoms with Crippen molar-refractivity contribution >= 4 is 44.2 Å². The molecule has 138 valence electrons. The average Bonchev–Trinajstić information content (AvgIpc) is 3.10. The van der Waals surface area contributed by atoms with Crippen LogP contribution in [0.15, 0.2) is 63.9 Å². The minimum atomic E-state index is -1.21. The molecule has 0 unspecified atom stereocenters. The van der Waals surface area contributed by atoms with Crippen LogP contribution in [0.3, 0.4) is 0 Å². The van der Waals surface area contributed by atoms with Gasteiger partial charge in [0, 0.05) is 6.42 Å². The maximum atomic E-state index is 10.8. The molecule has 27 heavy (non-hydrogen) atoms. The molecule has 0 bridgehead atoms. The zero-order valence-corrected chi connectivity index (χ0v) is 15.6. The number of nitrogens with zero attached hydrogens (tertiary/aromatic N) is 4. The number of anilines is 1.